The first-order chi connectivity index (χ1) is 13.4. The highest BCUT2D eigenvalue weighted by Crippen LogP contribution is 2.16. The monoisotopic (exact) mass is 401 g/mol. The molecule has 0 aliphatic carbocycles. The molecule has 0 bridgehead atoms. The third-order valence-electron chi connectivity index (χ3n) is 5.09. The van der Waals surface area contributed by atoms with Crippen molar-refractivity contribution >= 4 is 15.9 Å². The van der Waals surface area contributed by atoms with Gasteiger partial charge >= 0.3 is 0 Å². The maximum absolute atomic E-state index is 12.8. The van der Waals surface area contributed by atoms with Crippen molar-refractivity contribution < 1.29 is 13.2 Å². The Morgan fingerprint density at radius 1 is 1.04 bits per heavy atom. The second-order valence-corrected chi connectivity index (χ2v) is 9.28. The number of rotatable bonds is 6. The number of hydrogen-bond donors (Lipinski definition) is 0. The third kappa shape index (κ3) is 4.79. The first kappa shape index (κ1) is 20.5. The fourth-order valence-corrected chi connectivity index (χ4v) is 4.67. The average Bonchev–Trinajstić information content (AvgIpc) is 2.69. The zero-order valence-corrected chi connectivity index (χ0v) is 17.2. The van der Waals surface area contributed by atoms with Gasteiger partial charge in [-0.25, -0.2) is 8.42 Å². The fourth-order valence-electron chi connectivity index (χ4n) is 3.53. The minimum absolute atomic E-state index is 0.0396. The second-order valence-electron chi connectivity index (χ2n) is 7.23. The van der Waals surface area contributed by atoms with Crippen LogP contribution in [0.3, 0.4) is 0 Å². The topological polar surface area (TPSA) is 60.9 Å². The number of likely N-dealkylation sites (N-methyl/N-ethyl adjacent to an activating group) is 1. The number of sulfonamides is 1. The highest BCUT2D eigenvalue weighted by Gasteiger charge is 2.30. The van der Waals surface area contributed by atoms with Crippen LogP contribution in [0.4, 0.5) is 0 Å². The lowest BCUT2D eigenvalue weighted by atomic mass is 10.1. The number of carbonyl (C=O) groups is 1. The molecule has 150 valence electrons. The van der Waals surface area contributed by atoms with Crippen LogP contribution in [-0.4, -0.2) is 67.7 Å². The van der Waals surface area contributed by atoms with Crippen LogP contribution in [-0.2, 0) is 21.4 Å². The van der Waals surface area contributed by atoms with Gasteiger partial charge in [-0.1, -0.05) is 48.5 Å². The van der Waals surface area contributed by atoms with Crippen molar-refractivity contribution in [3.8, 4) is 0 Å². The van der Waals surface area contributed by atoms with Crippen molar-refractivity contribution in [2.75, 3.05) is 33.2 Å². The Balaban J connectivity index is 1.58. The van der Waals surface area contributed by atoms with Crippen molar-refractivity contribution in [2.24, 2.45) is 0 Å². The molecule has 0 spiro atoms. The zero-order chi connectivity index (χ0) is 20.1. The maximum atomic E-state index is 12.8. The van der Waals surface area contributed by atoms with E-state index >= 15 is 0 Å². The summed E-state index contributed by atoms with van der Waals surface area (Å²) in [7, 11) is -2.21. The van der Waals surface area contributed by atoms with Gasteiger partial charge in [0.05, 0.1) is 11.4 Å². The van der Waals surface area contributed by atoms with Gasteiger partial charge in [0.15, 0.2) is 0 Å². The van der Waals surface area contributed by atoms with Crippen LogP contribution in [0.1, 0.15) is 12.5 Å². The Bertz CT molecular complexity index is 888. The first-order valence-electron chi connectivity index (χ1n) is 9.45. The molecule has 0 saturated carbocycles. The molecule has 1 heterocycles. The molecule has 2 aromatic carbocycles. The highest BCUT2D eigenvalue weighted by atomic mass is 32.2. The molecule has 1 amide bonds. The van der Waals surface area contributed by atoms with Crippen molar-refractivity contribution in [1.82, 2.24) is 14.1 Å². The van der Waals surface area contributed by atoms with E-state index in [1.54, 1.807) is 35.2 Å². The average molecular weight is 402 g/mol. The minimum Gasteiger partial charge on any atom is -0.336 e. The molecule has 28 heavy (non-hydrogen) atoms. The van der Waals surface area contributed by atoms with Gasteiger partial charge in [-0.2, -0.15) is 4.31 Å². The molecular weight excluding hydrogens is 374 g/mol. The van der Waals surface area contributed by atoms with E-state index in [0.717, 1.165) is 23.9 Å². The number of piperazine rings is 1. The standard InChI is InChI=1S/C21H27N3O3S/c1-18-15-23(16-19-9-5-3-6-10-19)13-14-24(18)21(25)17-22(2)28(26,27)20-11-7-4-8-12-20/h3-12,18H,13-17H2,1-2H3. The molecule has 1 atom stereocenters. The van der Waals surface area contributed by atoms with Crippen LogP contribution >= 0.6 is 0 Å². The maximum Gasteiger partial charge on any atom is 0.243 e. The van der Waals surface area contributed by atoms with Crippen LogP contribution in [0.2, 0.25) is 0 Å². The summed E-state index contributed by atoms with van der Waals surface area (Å²) in [6.45, 7) is 4.87. The van der Waals surface area contributed by atoms with Gasteiger partial charge in [0, 0.05) is 39.3 Å². The molecule has 2 aromatic rings. The summed E-state index contributed by atoms with van der Waals surface area (Å²) in [6.07, 6.45) is 0. The van der Waals surface area contributed by atoms with Gasteiger partial charge in [0.25, 0.3) is 0 Å². The molecule has 1 aliphatic rings. The van der Waals surface area contributed by atoms with Gasteiger partial charge in [0.1, 0.15) is 0 Å². The smallest absolute Gasteiger partial charge is 0.243 e. The number of carbonyl (C=O) groups excluding carboxylic acids is 1. The highest BCUT2D eigenvalue weighted by molar-refractivity contribution is 7.89. The van der Waals surface area contributed by atoms with Crippen LogP contribution < -0.4 is 0 Å². The van der Waals surface area contributed by atoms with E-state index in [9.17, 15) is 13.2 Å². The van der Waals surface area contributed by atoms with Crippen molar-refractivity contribution in [1.29, 1.82) is 0 Å². The van der Waals surface area contributed by atoms with E-state index in [1.165, 1.54) is 12.6 Å². The normalized spacial score (nSPS) is 18.4. The predicted octanol–water partition coefficient (Wildman–Crippen LogP) is 2.04. The van der Waals surface area contributed by atoms with Gasteiger partial charge < -0.3 is 4.90 Å². The molecular formula is C21H27N3O3S. The Kier molecular flexibility index (Phi) is 6.49. The quantitative estimate of drug-likeness (QED) is 0.743. The fraction of sp³-hybridized carbons (Fsp3) is 0.381. The predicted molar refractivity (Wildman–Crippen MR) is 109 cm³/mol. The van der Waals surface area contributed by atoms with Crippen molar-refractivity contribution in [3.63, 3.8) is 0 Å². The summed E-state index contributed by atoms with van der Waals surface area (Å²) in [5.41, 5.74) is 1.25. The number of nitrogens with zero attached hydrogens (tertiary/aromatic N) is 3. The molecule has 0 aromatic heterocycles. The van der Waals surface area contributed by atoms with Crippen molar-refractivity contribution in [3.05, 3.63) is 66.2 Å². The Labute approximate surface area is 167 Å². The zero-order valence-electron chi connectivity index (χ0n) is 16.4. The summed E-state index contributed by atoms with van der Waals surface area (Å²) < 4.78 is 26.4. The Morgan fingerprint density at radius 3 is 2.25 bits per heavy atom. The lowest BCUT2D eigenvalue weighted by Gasteiger charge is -2.40. The molecule has 7 heteroatoms. The molecule has 1 unspecified atom stereocenters. The number of hydrogen-bond acceptors (Lipinski definition) is 4. The van der Waals surface area contributed by atoms with E-state index in [0.29, 0.717) is 6.54 Å². The van der Waals surface area contributed by atoms with Gasteiger partial charge in [-0.05, 0) is 24.6 Å². The lowest BCUT2D eigenvalue weighted by molar-refractivity contribution is -0.135. The number of amides is 1. The van der Waals surface area contributed by atoms with Gasteiger partial charge in [-0.3, -0.25) is 9.69 Å². The van der Waals surface area contributed by atoms with Crippen LogP contribution in [0.25, 0.3) is 0 Å². The molecule has 1 saturated heterocycles. The molecule has 3 rings (SSSR count). The largest absolute Gasteiger partial charge is 0.336 e. The van der Waals surface area contributed by atoms with Gasteiger partial charge in [0.2, 0.25) is 15.9 Å². The number of benzene rings is 2. The summed E-state index contributed by atoms with van der Waals surface area (Å²) >= 11 is 0. The SMILES string of the molecule is CC1CN(Cc2ccccc2)CCN1C(=O)CN(C)S(=O)(=O)c1ccccc1. The summed E-state index contributed by atoms with van der Waals surface area (Å²) in [4.78, 5) is 17.1. The van der Waals surface area contributed by atoms with Crippen LogP contribution in [0.15, 0.2) is 65.6 Å². The van der Waals surface area contributed by atoms with Crippen LogP contribution in [0.5, 0.6) is 0 Å². The summed E-state index contributed by atoms with van der Waals surface area (Å²) in [5, 5.41) is 0. The second kappa shape index (κ2) is 8.86. The molecule has 0 radical (unpaired) electrons. The molecule has 1 aliphatic heterocycles. The first-order valence-corrected chi connectivity index (χ1v) is 10.9. The molecule has 1 fully saturated rings. The van der Waals surface area contributed by atoms with E-state index < -0.39 is 10.0 Å². The van der Waals surface area contributed by atoms with E-state index in [-0.39, 0.29) is 23.4 Å². The van der Waals surface area contributed by atoms with E-state index in [2.05, 4.69) is 17.0 Å². The third-order valence-corrected chi connectivity index (χ3v) is 6.91. The lowest BCUT2D eigenvalue weighted by Crippen LogP contribution is -2.55. The minimum atomic E-state index is -3.67. The molecule has 6 nitrogen and oxygen atoms in total. The summed E-state index contributed by atoms with van der Waals surface area (Å²) in [5.74, 6) is -0.158. The van der Waals surface area contributed by atoms with Gasteiger partial charge in [-0.15, -0.1) is 0 Å². The van der Waals surface area contributed by atoms with E-state index in [1.807, 2.05) is 25.1 Å². The Morgan fingerprint density at radius 2 is 1.64 bits per heavy atom. The summed E-state index contributed by atoms with van der Waals surface area (Å²) in [6, 6.07) is 18.5. The molecule has 0 N–H and O–H groups in total. The van der Waals surface area contributed by atoms with Crippen molar-refractivity contribution in [2.45, 2.75) is 24.4 Å². The van der Waals surface area contributed by atoms with E-state index in [4.69, 9.17) is 0 Å². The Hall–Kier alpha value is -2.22. The van der Waals surface area contributed by atoms with Crippen LogP contribution in [0, 0.1) is 0 Å².